The molecule has 0 unspecified atom stereocenters. The van der Waals surface area contributed by atoms with E-state index in [9.17, 15) is 9.59 Å². The molecule has 0 aromatic heterocycles. The first kappa shape index (κ1) is 14.0. The highest BCUT2D eigenvalue weighted by Gasteiger charge is 2.48. The van der Waals surface area contributed by atoms with Crippen LogP contribution in [0.2, 0.25) is 0 Å². The number of nitrogens with one attached hydrogen (secondary N) is 1. The summed E-state index contributed by atoms with van der Waals surface area (Å²) in [5, 5.41) is 2.76. The molecule has 0 spiro atoms. The van der Waals surface area contributed by atoms with Gasteiger partial charge < -0.3 is 15.0 Å². The molecule has 1 saturated heterocycles. The number of para-hydroxylation sites is 1. The lowest BCUT2D eigenvalue weighted by Crippen LogP contribution is -2.68. The van der Waals surface area contributed by atoms with E-state index in [2.05, 4.69) is 5.32 Å². The molecule has 6 heteroatoms. The van der Waals surface area contributed by atoms with Gasteiger partial charge in [-0.05, 0) is 24.6 Å². The summed E-state index contributed by atoms with van der Waals surface area (Å²) >= 11 is 1.67. The van der Waals surface area contributed by atoms with Crippen molar-refractivity contribution in [2.45, 2.75) is 18.3 Å². The molecule has 2 aliphatic heterocycles. The van der Waals surface area contributed by atoms with E-state index >= 15 is 0 Å². The second-order valence-corrected chi connectivity index (χ2v) is 6.17. The highest BCUT2D eigenvalue weighted by molar-refractivity contribution is 8.00. The predicted octanol–water partition coefficient (Wildman–Crippen LogP) is 1.37. The Morgan fingerprint density at radius 3 is 2.95 bits per heavy atom. The Morgan fingerprint density at radius 2 is 2.19 bits per heavy atom. The summed E-state index contributed by atoms with van der Waals surface area (Å²) < 4.78 is 5.37. The van der Waals surface area contributed by atoms with Gasteiger partial charge in [-0.15, -0.1) is 11.8 Å². The van der Waals surface area contributed by atoms with E-state index in [1.807, 2.05) is 31.3 Å². The van der Waals surface area contributed by atoms with Crippen LogP contribution in [0.5, 0.6) is 5.75 Å². The fourth-order valence-electron chi connectivity index (χ4n) is 2.31. The lowest BCUT2D eigenvalue weighted by Gasteiger charge is -2.47. The standard InChI is InChI=1S/C15H16N2O3S/c1-10-7-17-14(19)13(15(17)21-9-10)16-12(18)8-20-11-5-3-2-4-6-11/h2-7,13,15H,8-9H2,1H3,(H,16,18)/t13-,15-/m1/s1. The highest BCUT2D eigenvalue weighted by atomic mass is 32.2. The molecule has 1 aromatic rings. The van der Waals surface area contributed by atoms with E-state index in [1.165, 1.54) is 5.57 Å². The normalized spacial score (nSPS) is 23.8. The first-order valence-corrected chi connectivity index (χ1v) is 7.78. The van der Waals surface area contributed by atoms with Crippen molar-refractivity contribution in [1.29, 1.82) is 0 Å². The summed E-state index contributed by atoms with van der Waals surface area (Å²) in [5.41, 5.74) is 1.17. The third-order valence-corrected chi connectivity index (χ3v) is 4.81. The van der Waals surface area contributed by atoms with Crippen molar-refractivity contribution < 1.29 is 14.3 Å². The fraction of sp³-hybridized carbons (Fsp3) is 0.333. The maximum atomic E-state index is 12.0. The average Bonchev–Trinajstić information content (AvgIpc) is 2.51. The number of hydrogen-bond donors (Lipinski definition) is 1. The van der Waals surface area contributed by atoms with Crippen LogP contribution in [0.25, 0.3) is 0 Å². The van der Waals surface area contributed by atoms with Gasteiger partial charge in [-0.2, -0.15) is 0 Å². The van der Waals surface area contributed by atoms with Gasteiger partial charge in [-0.25, -0.2) is 0 Å². The van der Waals surface area contributed by atoms with E-state index in [0.29, 0.717) is 5.75 Å². The number of hydrogen-bond acceptors (Lipinski definition) is 4. The number of rotatable bonds is 4. The zero-order valence-corrected chi connectivity index (χ0v) is 12.4. The highest BCUT2D eigenvalue weighted by Crippen LogP contribution is 2.35. The van der Waals surface area contributed by atoms with Gasteiger partial charge in [0, 0.05) is 12.0 Å². The van der Waals surface area contributed by atoms with Crippen molar-refractivity contribution in [3.05, 3.63) is 42.1 Å². The van der Waals surface area contributed by atoms with E-state index in [4.69, 9.17) is 4.74 Å². The van der Waals surface area contributed by atoms with Crippen LogP contribution in [0.4, 0.5) is 0 Å². The molecule has 2 amide bonds. The quantitative estimate of drug-likeness (QED) is 0.854. The number of β-lactam (4-membered cyclic amide) rings is 1. The summed E-state index contributed by atoms with van der Waals surface area (Å²) in [4.78, 5) is 25.5. The van der Waals surface area contributed by atoms with Crippen molar-refractivity contribution in [2.75, 3.05) is 12.4 Å². The van der Waals surface area contributed by atoms with Gasteiger partial charge >= 0.3 is 0 Å². The van der Waals surface area contributed by atoms with E-state index in [0.717, 1.165) is 5.75 Å². The molecular weight excluding hydrogens is 288 g/mol. The Kier molecular flexibility index (Phi) is 3.88. The molecule has 2 aliphatic rings. The maximum absolute atomic E-state index is 12.0. The number of amides is 2. The van der Waals surface area contributed by atoms with Crippen molar-refractivity contribution in [3.63, 3.8) is 0 Å². The zero-order valence-electron chi connectivity index (χ0n) is 11.6. The Labute approximate surface area is 127 Å². The van der Waals surface area contributed by atoms with Gasteiger partial charge in [0.1, 0.15) is 17.2 Å². The third-order valence-electron chi connectivity index (χ3n) is 3.35. The van der Waals surface area contributed by atoms with Crippen molar-refractivity contribution >= 4 is 23.6 Å². The fourth-order valence-corrected chi connectivity index (χ4v) is 3.52. The SMILES string of the molecule is CC1=CN2C(=O)[C@@H](NC(=O)COc3ccccc3)[C@H]2SC1. The lowest BCUT2D eigenvalue weighted by molar-refractivity contribution is -0.145. The molecule has 1 N–H and O–H groups in total. The summed E-state index contributed by atoms with van der Waals surface area (Å²) in [7, 11) is 0. The largest absolute Gasteiger partial charge is 0.484 e. The number of thioether (sulfide) groups is 1. The molecule has 2 heterocycles. The summed E-state index contributed by atoms with van der Waals surface area (Å²) in [6.45, 7) is 1.91. The van der Waals surface area contributed by atoms with Crippen LogP contribution in [-0.2, 0) is 9.59 Å². The monoisotopic (exact) mass is 304 g/mol. The molecular formula is C15H16N2O3S. The van der Waals surface area contributed by atoms with E-state index in [1.54, 1.807) is 28.8 Å². The van der Waals surface area contributed by atoms with E-state index < -0.39 is 6.04 Å². The van der Waals surface area contributed by atoms with Crippen molar-refractivity contribution in [2.24, 2.45) is 0 Å². The topological polar surface area (TPSA) is 58.6 Å². The second kappa shape index (κ2) is 5.81. The molecule has 5 nitrogen and oxygen atoms in total. The molecule has 110 valence electrons. The van der Waals surface area contributed by atoms with Gasteiger partial charge in [0.15, 0.2) is 6.61 Å². The smallest absolute Gasteiger partial charge is 0.258 e. The summed E-state index contributed by atoms with van der Waals surface area (Å²) in [5.74, 6) is 1.20. The number of carbonyl (C=O) groups is 2. The molecule has 0 radical (unpaired) electrons. The number of ether oxygens (including phenoxy) is 1. The van der Waals surface area contributed by atoms with Gasteiger partial charge in [0.05, 0.1) is 0 Å². The first-order valence-electron chi connectivity index (χ1n) is 6.73. The minimum Gasteiger partial charge on any atom is -0.484 e. The molecule has 1 aromatic carbocycles. The Morgan fingerprint density at radius 1 is 1.43 bits per heavy atom. The molecule has 21 heavy (non-hydrogen) atoms. The maximum Gasteiger partial charge on any atom is 0.258 e. The molecule has 0 aliphatic carbocycles. The molecule has 0 saturated carbocycles. The lowest BCUT2D eigenvalue weighted by atomic mass is 10.1. The van der Waals surface area contributed by atoms with Crippen LogP contribution in [0.3, 0.4) is 0 Å². The molecule has 2 atom stereocenters. The minimum absolute atomic E-state index is 0.0156. The third kappa shape index (κ3) is 2.90. The number of nitrogens with zero attached hydrogens (tertiary/aromatic N) is 1. The number of benzene rings is 1. The molecule has 1 fully saturated rings. The number of fused-ring (bicyclic) bond motifs is 1. The zero-order chi connectivity index (χ0) is 14.8. The minimum atomic E-state index is -0.439. The summed E-state index contributed by atoms with van der Waals surface area (Å²) in [6.07, 6.45) is 1.87. The summed E-state index contributed by atoms with van der Waals surface area (Å²) in [6, 6.07) is 8.69. The predicted molar refractivity (Wildman–Crippen MR) is 80.7 cm³/mol. The van der Waals surface area contributed by atoms with Gasteiger partial charge in [0.2, 0.25) is 0 Å². The van der Waals surface area contributed by atoms with Gasteiger partial charge in [0.25, 0.3) is 11.8 Å². The Balaban J connectivity index is 1.51. The van der Waals surface area contributed by atoms with Crippen molar-refractivity contribution in [3.8, 4) is 5.75 Å². The number of carbonyl (C=O) groups excluding carboxylic acids is 2. The van der Waals surface area contributed by atoms with Crippen LogP contribution in [0, 0.1) is 0 Å². The van der Waals surface area contributed by atoms with Crippen LogP contribution < -0.4 is 10.1 Å². The Hall–Kier alpha value is -1.95. The van der Waals surface area contributed by atoms with Crippen LogP contribution in [-0.4, -0.2) is 40.5 Å². The van der Waals surface area contributed by atoms with Crippen LogP contribution in [0.1, 0.15) is 6.92 Å². The van der Waals surface area contributed by atoms with E-state index in [-0.39, 0.29) is 23.8 Å². The first-order chi connectivity index (χ1) is 10.1. The molecule has 0 bridgehead atoms. The Bertz CT molecular complexity index is 588. The van der Waals surface area contributed by atoms with Crippen LogP contribution >= 0.6 is 11.8 Å². The molecule has 3 rings (SSSR count). The van der Waals surface area contributed by atoms with Gasteiger partial charge in [-0.1, -0.05) is 18.2 Å². The average molecular weight is 304 g/mol. The van der Waals surface area contributed by atoms with Crippen molar-refractivity contribution in [1.82, 2.24) is 10.2 Å². The van der Waals surface area contributed by atoms with Gasteiger partial charge in [-0.3, -0.25) is 9.59 Å². The second-order valence-electron chi connectivity index (χ2n) is 5.07. The van der Waals surface area contributed by atoms with Crippen LogP contribution in [0.15, 0.2) is 42.1 Å².